The Morgan fingerprint density at radius 2 is 1.87 bits per heavy atom. The van der Waals surface area contributed by atoms with Gasteiger partial charge in [0.2, 0.25) is 0 Å². The topological polar surface area (TPSA) is 7.12 Å². The minimum Gasteiger partial charge on any atom is -1.00 e. The zero-order valence-electron chi connectivity index (χ0n) is 14.0. The van der Waals surface area contributed by atoms with Crippen molar-refractivity contribution in [2.75, 3.05) is 4.90 Å². The number of aromatic nitrogens is 1. The Morgan fingerprint density at radius 3 is 2.43 bits per heavy atom. The minimum absolute atomic E-state index is 0. The molecule has 2 heterocycles. The normalized spacial score (nSPS) is 16.3. The molecule has 0 aliphatic carbocycles. The summed E-state index contributed by atoms with van der Waals surface area (Å²) in [5.74, 6) is 0. The number of anilines is 1. The van der Waals surface area contributed by atoms with Gasteiger partial charge < -0.3 is 12.4 Å². The van der Waals surface area contributed by atoms with E-state index in [0.29, 0.717) is 6.04 Å². The third-order valence-corrected chi connectivity index (χ3v) is 6.23. The second kappa shape index (κ2) is 7.87. The second-order valence-corrected chi connectivity index (χ2v) is 7.39. The van der Waals surface area contributed by atoms with Crippen molar-refractivity contribution in [1.82, 2.24) is 0 Å². The van der Waals surface area contributed by atoms with Crippen LogP contribution in [0.25, 0.3) is 0 Å². The Morgan fingerprint density at radius 1 is 1.17 bits per heavy atom. The molecular formula is C18H24Cl2N2S. The number of fused-ring (bicyclic) bond motifs is 1. The van der Waals surface area contributed by atoms with Gasteiger partial charge in [0, 0.05) is 11.4 Å². The van der Waals surface area contributed by atoms with Crippen molar-refractivity contribution in [3.8, 4) is 0 Å². The number of hydrogen-bond acceptors (Lipinski definition) is 2. The maximum atomic E-state index is 6.01. The van der Waals surface area contributed by atoms with Crippen LogP contribution in [0.3, 0.4) is 0 Å². The summed E-state index contributed by atoms with van der Waals surface area (Å²) in [5, 5.41) is 2.25. The Hall–Kier alpha value is -0.770. The van der Waals surface area contributed by atoms with Gasteiger partial charge in [0.15, 0.2) is 0 Å². The zero-order valence-corrected chi connectivity index (χ0v) is 16.3. The van der Waals surface area contributed by atoms with E-state index in [2.05, 4.69) is 42.4 Å². The number of nitrogens with zero attached hydrogens (tertiary/aromatic N) is 2. The van der Waals surface area contributed by atoms with E-state index >= 15 is 0 Å². The summed E-state index contributed by atoms with van der Waals surface area (Å²) >= 11 is 8.00. The van der Waals surface area contributed by atoms with Crippen molar-refractivity contribution in [3.63, 3.8) is 0 Å². The Labute approximate surface area is 154 Å². The molecule has 0 bridgehead atoms. The van der Waals surface area contributed by atoms with Crippen LogP contribution in [-0.2, 0) is 25.9 Å². The summed E-state index contributed by atoms with van der Waals surface area (Å²) in [7, 11) is 0. The minimum atomic E-state index is 0. The molecule has 23 heavy (non-hydrogen) atoms. The highest BCUT2D eigenvalue weighted by atomic mass is 35.5. The van der Waals surface area contributed by atoms with E-state index in [-0.39, 0.29) is 12.4 Å². The number of aryl methyl sites for hydroxylation is 1. The molecule has 0 radical (unpaired) electrons. The van der Waals surface area contributed by atoms with Gasteiger partial charge >= 0.3 is 5.13 Å². The Kier molecular flexibility index (Phi) is 6.35. The summed E-state index contributed by atoms with van der Waals surface area (Å²) in [6.45, 7) is 8.95. The van der Waals surface area contributed by atoms with Crippen LogP contribution in [0.1, 0.15) is 43.3 Å². The summed E-state index contributed by atoms with van der Waals surface area (Å²) in [6, 6.07) is 8.88. The lowest BCUT2D eigenvalue weighted by Crippen LogP contribution is -3.00. The van der Waals surface area contributed by atoms with Crippen molar-refractivity contribution in [1.29, 1.82) is 0 Å². The van der Waals surface area contributed by atoms with Gasteiger partial charge in [-0.1, -0.05) is 55.8 Å². The van der Waals surface area contributed by atoms with Crippen molar-refractivity contribution in [2.24, 2.45) is 0 Å². The summed E-state index contributed by atoms with van der Waals surface area (Å²) < 4.78 is 2.56. The summed E-state index contributed by atoms with van der Waals surface area (Å²) in [6.07, 6.45) is 3.46. The third-order valence-electron chi connectivity index (χ3n) is 4.57. The maximum absolute atomic E-state index is 6.01. The first kappa shape index (κ1) is 18.6. The van der Waals surface area contributed by atoms with Crippen molar-refractivity contribution in [3.05, 3.63) is 45.4 Å². The van der Waals surface area contributed by atoms with E-state index < -0.39 is 0 Å². The summed E-state index contributed by atoms with van der Waals surface area (Å²) in [4.78, 5) is 4.14. The highest BCUT2D eigenvalue weighted by Crippen LogP contribution is 2.33. The first-order chi connectivity index (χ1) is 10.7. The number of halogens is 2. The molecule has 0 N–H and O–H groups in total. The molecule has 0 fully saturated rings. The molecule has 2 nitrogen and oxygen atoms in total. The predicted octanol–water partition coefficient (Wildman–Crippen LogP) is 1.62. The lowest BCUT2D eigenvalue weighted by molar-refractivity contribution is -0.677. The predicted molar refractivity (Wildman–Crippen MR) is 95.0 cm³/mol. The molecule has 3 rings (SSSR count). The van der Waals surface area contributed by atoms with E-state index in [0.717, 1.165) is 31.0 Å². The third kappa shape index (κ3) is 3.52. The largest absolute Gasteiger partial charge is 1.00 e. The molecule has 126 valence electrons. The van der Waals surface area contributed by atoms with Gasteiger partial charge in [-0.2, -0.15) is 0 Å². The van der Waals surface area contributed by atoms with Crippen molar-refractivity contribution >= 4 is 28.1 Å². The molecule has 0 saturated heterocycles. The Bertz CT molecular complexity index is 652. The molecule has 0 saturated carbocycles. The average Bonchev–Trinajstić information content (AvgIpc) is 3.05. The van der Waals surface area contributed by atoms with Gasteiger partial charge in [0.1, 0.15) is 24.8 Å². The first-order valence-electron chi connectivity index (χ1n) is 8.23. The monoisotopic (exact) mass is 370 g/mol. The molecule has 1 aromatic carbocycles. The highest BCUT2D eigenvalue weighted by Gasteiger charge is 2.40. The lowest BCUT2D eigenvalue weighted by atomic mass is 10.1. The van der Waals surface area contributed by atoms with E-state index in [1.807, 2.05) is 23.5 Å². The highest BCUT2D eigenvalue weighted by molar-refractivity contribution is 7.15. The zero-order chi connectivity index (χ0) is 15.7. The van der Waals surface area contributed by atoms with Gasteiger partial charge in [-0.15, -0.1) is 0 Å². The number of rotatable bonds is 5. The average molecular weight is 371 g/mol. The van der Waals surface area contributed by atoms with E-state index in [1.54, 1.807) is 10.6 Å². The van der Waals surface area contributed by atoms with Crippen LogP contribution in [-0.4, -0.2) is 6.04 Å². The summed E-state index contributed by atoms with van der Waals surface area (Å²) in [5.41, 5.74) is 2.88. The molecule has 2 aromatic rings. The van der Waals surface area contributed by atoms with Gasteiger partial charge in [-0.25, -0.2) is 9.47 Å². The van der Waals surface area contributed by atoms with E-state index in [4.69, 9.17) is 11.6 Å². The van der Waals surface area contributed by atoms with Crippen LogP contribution in [0, 0.1) is 0 Å². The van der Waals surface area contributed by atoms with Crippen LogP contribution in [0.5, 0.6) is 0 Å². The van der Waals surface area contributed by atoms with Crippen LogP contribution in [0.4, 0.5) is 5.13 Å². The van der Waals surface area contributed by atoms with Gasteiger partial charge in [0.05, 0.1) is 4.88 Å². The lowest BCUT2D eigenvalue weighted by Gasteiger charge is -2.16. The van der Waals surface area contributed by atoms with Gasteiger partial charge in [-0.05, 0) is 30.5 Å². The fourth-order valence-corrected chi connectivity index (χ4v) is 4.84. The number of hydrogen-bond donors (Lipinski definition) is 0. The molecule has 1 aliphatic rings. The molecular weight excluding hydrogens is 347 g/mol. The molecule has 5 heteroatoms. The molecule has 0 spiro atoms. The maximum Gasteiger partial charge on any atom is 0.337 e. The van der Waals surface area contributed by atoms with Gasteiger partial charge in [0.25, 0.3) is 0 Å². The number of benzene rings is 1. The van der Waals surface area contributed by atoms with Gasteiger partial charge in [-0.3, -0.25) is 0 Å². The van der Waals surface area contributed by atoms with Crippen LogP contribution in [0.15, 0.2) is 24.3 Å². The van der Waals surface area contributed by atoms with E-state index in [1.165, 1.54) is 17.1 Å². The molecule has 0 amide bonds. The fraction of sp³-hybridized carbons (Fsp3) is 0.500. The van der Waals surface area contributed by atoms with Crippen molar-refractivity contribution in [2.45, 2.75) is 59.2 Å². The SMILES string of the molecule is CCc1sc2[n+](c1CC)CC(CC)N2Cc1ccc(Cl)cc1.[Cl-]. The number of thiazole rings is 1. The van der Waals surface area contributed by atoms with Crippen LogP contribution in [0.2, 0.25) is 5.02 Å². The van der Waals surface area contributed by atoms with Crippen molar-refractivity contribution < 1.29 is 17.0 Å². The molecule has 1 aliphatic heterocycles. The molecule has 1 unspecified atom stereocenters. The quantitative estimate of drug-likeness (QED) is 0.725. The van der Waals surface area contributed by atoms with E-state index in [9.17, 15) is 0 Å². The van der Waals surface area contributed by atoms with Crippen LogP contribution < -0.4 is 21.9 Å². The fourth-order valence-electron chi connectivity index (χ4n) is 3.35. The molecule has 1 atom stereocenters. The van der Waals surface area contributed by atoms with Crippen LogP contribution >= 0.6 is 22.9 Å². The first-order valence-corrected chi connectivity index (χ1v) is 9.42. The Balaban J connectivity index is 0.00000192. The second-order valence-electron chi connectivity index (χ2n) is 5.89. The smallest absolute Gasteiger partial charge is 0.337 e. The standard InChI is InChI=1S/C18H24ClN2S.ClH/c1-4-15-12-21-16(5-2)17(6-3)22-18(21)20(15)11-13-7-9-14(19)10-8-13;/h7-10,15H,4-6,11-12H2,1-3H3;1H/q+1;/p-1. The molecule has 1 aromatic heterocycles.